The number of carbonyl (C=O) groups excluding carboxylic acids is 1. The molecular formula is C13H7F3N2O3. The van der Waals surface area contributed by atoms with Crippen LogP contribution in [0.5, 0.6) is 0 Å². The fourth-order valence-corrected chi connectivity index (χ4v) is 1.71. The van der Waals surface area contributed by atoms with Gasteiger partial charge in [0.15, 0.2) is 0 Å². The molecule has 1 aromatic heterocycles. The minimum absolute atomic E-state index is 0.170. The lowest BCUT2D eigenvalue weighted by Crippen LogP contribution is -2.15. The molecule has 1 aromatic carbocycles. The van der Waals surface area contributed by atoms with E-state index in [1.807, 2.05) is 0 Å². The lowest BCUT2D eigenvalue weighted by atomic mass is 10.00. The van der Waals surface area contributed by atoms with E-state index in [1.54, 1.807) is 0 Å². The van der Waals surface area contributed by atoms with Gasteiger partial charge in [-0.05, 0) is 18.2 Å². The molecule has 1 heterocycles. The Morgan fingerprint density at radius 1 is 1.19 bits per heavy atom. The maximum Gasteiger partial charge on any atom is 0.417 e. The van der Waals surface area contributed by atoms with Crippen LogP contribution in [0.15, 0.2) is 42.6 Å². The van der Waals surface area contributed by atoms with Gasteiger partial charge in [0.1, 0.15) is 5.69 Å². The molecule has 5 nitrogen and oxygen atoms in total. The van der Waals surface area contributed by atoms with Gasteiger partial charge in [0.05, 0.1) is 10.5 Å². The van der Waals surface area contributed by atoms with Crippen LogP contribution in [0, 0.1) is 10.1 Å². The third-order valence-electron chi connectivity index (χ3n) is 2.66. The van der Waals surface area contributed by atoms with E-state index in [4.69, 9.17) is 0 Å². The van der Waals surface area contributed by atoms with Crippen LogP contribution in [0.4, 0.5) is 18.9 Å². The molecule has 0 amide bonds. The topological polar surface area (TPSA) is 73.1 Å². The van der Waals surface area contributed by atoms with Gasteiger partial charge < -0.3 is 0 Å². The fourth-order valence-electron chi connectivity index (χ4n) is 1.71. The molecule has 2 rings (SSSR count). The Morgan fingerprint density at radius 2 is 1.90 bits per heavy atom. The molecule has 0 saturated carbocycles. The number of aromatic nitrogens is 1. The maximum absolute atomic E-state index is 13.0. The first-order valence-corrected chi connectivity index (χ1v) is 5.62. The molecule has 0 saturated heterocycles. The molecule has 8 heteroatoms. The van der Waals surface area contributed by atoms with Gasteiger partial charge in [-0.1, -0.05) is 6.07 Å². The van der Waals surface area contributed by atoms with Crippen LogP contribution >= 0.6 is 0 Å². The third kappa shape index (κ3) is 3.04. The van der Waals surface area contributed by atoms with Gasteiger partial charge in [-0.25, -0.2) is 0 Å². The molecule has 0 aliphatic heterocycles. The van der Waals surface area contributed by atoms with E-state index in [-0.39, 0.29) is 5.69 Å². The Bertz CT molecular complexity index is 700. The molecule has 0 unspecified atom stereocenters. The number of alkyl halides is 3. The fraction of sp³-hybridized carbons (Fsp3) is 0.0769. The van der Waals surface area contributed by atoms with Gasteiger partial charge in [0, 0.05) is 23.9 Å². The van der Waals surface area contributed by atoms with Crippen molar-refractivity contribution in [3.8, 4) is 0 Å². The number of rotatable bonds is 3. The van der Waals surface area contributed by atoms with Crippen molar-refractivity contribution in [1.29, 1.82) is 0 Å². The van der Waals surface area contributed by atoms with E-state index in [0.29, 0.717) is 6.07 Å². The van der Waals surface area contributed by atoms with Crippen molar-refractivity contribution in [3.63, 3.8) is 0 Å². The molecule has 108 valence electrons. The van der Waals surface area contributed by atoms with Gasteiger partial charge in [-0.2, -0.15) is 13.2 Å². The third-order valence-corrected chi connectivity index (χ3v) is 2.66. The Kier molecular flexibility index (Phi) is 3.70. The standard InChI is InChI=1S/C13H7F3N2O3/c14-13(15,16)10-7-8(18(20)21)4-5-9(10)12(19)11-3-1-2-6-17-11/h1-7H. The van der Waals surface area contributed by atoms with Crippen molar-refractivity contribution >= 4 is 11.5 Å². The lowest BCUT2D eigenvalue weighted by Gasteiger charge is -2.11. The molecule has 0 spiro atoms. The first-order chi connectivity index (χ1) is 9.80. The number of halogens is 3. The summed E-state index contributed by atoms with van der Waals surface area (Å²) in [6.07, 6.45) is -3.61. The van der Waals surface area contributed by atoms with E-state index >= 15 is 0 Å². The molecule has 0 bridgehead atoms. The van der Waals surface area contributed by atoms with Gasteiger partial charge in [0.2, 0.25) is 5.78 Å². The zero-order chi connectivity index (χ0) is 15.6. The van der Waals surface area contributed by atoms with Gasteiger partial charge in [-0.3, -0.25) is 19.9 Å². The highest BCUT2D eigenvalue weighted by Crippen LogP contribution is 2.35. The molecule has 0 N–H and O–H groups in total. The summed E-state index contributed by atoms with van der Waals surface area (Å²) in [5.74, 6) is -0.946. The van der Waals surface area contributed by atoms with Crippen molar-refractivity contribution in [2.75, 3.05) is 0 Å². The quantitative estimate of drug-likeness (QED) is 0.495. The minimum Gasteiger partial charge on any atom is -0.287 e. The SMILES string of the molecule is O=C(c1ccccn1)c1ccc([N+](=O)[O-])cc1C(F)(F)F. The second-order valence-electron chi connectivity index (χ2n) is 4.03. The number of ketones is 1. The summed E-state index contributed by atoms with van der Waals surface area (Å²) in [7, 11) is 0. The second-order valence-corrected chi connectivity index (χ2v) is 4.03. The van der Waals surface area contributed by atoms with Crippen LogP contribution < -0.4 is 0 Å². The summed E-state index contributed by atoms with van der Waals surface area (Å²) in [6.45, 7) is 0. The van der Waals surface area contributed by atoms with Crippen LogP contribution in [0.1, 0.15) is 21.6 Å². The van der Waals surface area contributed by atoms with Gasteiger partial charge >= 0.3 is 6.18 Å². The largest absolute Gasteiger partial charge is 0.417 e. The molecule has 2 aromatic rings. The van der Waals surface area contributed by atoms with Crippen LogP contribution in [0.2, 0.25) is 0 Å². The van der Waals surface area contributed by atoms with E-state index in [0.717, 1.165) is 12.1 Å². The number of nitro groups is 1. The predicted octanol–water partition coefficient (Wildman–Crippen LogP) is 3.24. The zero-order valence-electron chi connectivity index (χ0n) is 10.3. The number of hydrogen-bond donors (Lipinski definition) is 0. The zero-order valence-corrected chi connectivity index (χ0v) is 10.3. The average molecular weight is 296 g/mol. The monoisotopic (exact) mass is 296 g/mol. The Labute approximate surface area is 116 Å². The van der Waals surface area contributed by atoms with Crippen molar-refractivity contribution in [2.45, 2.75) is 6.18 Å². The Balaban J connectivity index is 2.58. The van der Waals surface area contributed by atoms with Crippen LogP contribution in [-0.2, 0) is 6.18 Å². The highest BCUT2D eigenvalue weighted by atomic mass is 19.4. The highest BCUT2D eigenvalue weighted by Gasteiger charge is 2.37. The van der Waals surface area contributed by atoms with Crippen molar-refractivity contribution in [3.05, 3.63) is 69.5 Å². The number of non-ortho nitro benzene ring substituents is 1. The van der Waals surface area contributed by atoms with E-state index in [2.05, 4.69) is 4.98 Å². The maximum atomic E-state index is 13.0. The molecule has 21 heavy (non-hydrogen) atoms. The summed E-state index contributed by atoms with van der Waals surface area (Å²) >= 11 is 0. The van der Waals surface area contributed by atoms with Gasteiger partial charge in [-0.15, -0.1) is 0 Å². The Hall–Kier alpha value is -2.77. The summed E-state index contributed by atoms with van der Waals surface area (Å²) in [5, 5.41) is 10.6. The molecular weight excluding hydrogens is 289 g/mol. The summed E-state index contributed by atoms with van der Waals surface area (Å²) < 4.78 is 38.9. The van der Waals surface area contributed by atoms with Crippen LogP contribution in [0.25, 0.3) is 0 Å². The molecule has 0 radical (unpaired) electrons. The number of nitro benzene ring substituents is 1. The summed E-state index contributed by atoms with van der Waals surface area (Å²) in [5.41, 5.74) is -2.93. The van der Waals surface area contributed by atoms with Crippen molar-refractivity contribution in [2.24, 2.45) is 0 Å². The van der Waals surface area contributed by atoms with Crippen molar-refractivity contribution < 1.29 is 22.9 Å². The Morgan fingerprint density at radius 3 is 2.43 bits per heavy atom. The molecule has 0 aliphatic carbocycles. The van der Waals surface area contributed by atoms with Crippen molar-refractivity contribution in [1.82, 2.24) is 4.98 Å². The molecule has 0 aliphatic rings. The molecule has 0 atom stereocenters. The van der Waals surface area contributed by atoms with Crippen LogP contribution in [0.3, 0.4) is 0 Å². The summed E-state index contributed by atoms with van der Waals surface area (Å²) in [6, 6.07) is 6.22. The van der Waals surface area contributed by atoms with Gasteiger partial charge in [0.25, 0.3) is 5.69 Å². The normalized spacial score (nSPS) is 11.2. The number of hydrogen-bond acceptors (Lipinski definition) is 4. The number of pyridine rings is 1. The highest BCUT2D eigenvalue weighted by molar-refractivity contribution is 6.08. The first kappa shape index (κ1) is 14.6. The second kappa shape index (κ2) is 5.31. The van der Waals surface area contributed by atoms with E-state index in [1.165, 1.54) is 24.4 Å². The lowest BCUT2D eigenvalue weighted by molar-refractivity contribution is -0.385. The van der Waals surface area contributed by atoms with Crippen LogP contribution in [-0.4, -0.2) is 15.7 Å². The number of benzene rings is 1. The predicted molar refractivity (Wildman–Crippen MR) is 65.8 cm³/mol. The first-order valence-electron chi connectivity index (χ1n) is 5.62. The smallest absolute Gasteiger partial charge is 0.287 e. The number of nitrogens with zero attached hydrogens (tertiary/aromatic N) is 2. The number of carbonyl (C=O) groups is 1. The average Bonchev–Trinajstić information content (AvgIpc) is 2.46. The van der Waals surface area contributed by atoms with E-state index in [9.17, 15) is 28.1 Å². The van der Waals surface area contributed by atoms with E-state index < -0.39 is 33.7 Å². The minimum atomic E-state index is -4.88. The molecule has 0 fully saturated rings. The summed E-state index contributed by atoms with van der Waals surface area (Å²) in [4.78, 5) is 25.4.